The second-order valence-electron chi connectivity index (χ2n) is 5.20. The number of amides is 1. The molecule has 0 saturated carbocycles. The van der Waals surface area contributed by atoms with E-state index in [0.29, 0.717) is 5.56 Å². The number of rotatable bonds is 4. The van der Waals surface area contributed by atoms with E-state index in [0.717, 1.165) is 17.8 Å². The lowest BCUT2D eigenvalue weighted by Gasteiger charge is -2.08. The summed E-state index contributed by atoms with van der Waals surface area (Å²) in [4.78, 5) is 11.9. The number of carbonyl (C=O) groups is 1. The van der Waals surface area contributed by atoms with Crippen LogP contribution in [-0.4, -0.2) is 10.5 Å². The Balaban J connectivity index is 1.68. The van der Waals surface area contributed by atoms with Crippen LogP contribution in [0.2, 0.25) is 0 Å². The van der Waals surface area contributed by atoms with Crippen LogP contribution < -0.4 is 5.32 Å². The summed E-state index contributed by atoms with van der Waals surface area (Å²) in [7, 11) is 0. The van der Waals surface area contributed by atoms with Crippen molar-refractivity contribution in [3.63, 3.8) is 0 Å². The van der Waals surface area contributed by atoms with Crippen molar-refractivity contribution < 1.29 is 18.0 Å². The van der Waals surface area contributed by atoms with Gasteiger partial charge >= 0.3 is 0 Å². The highest BCUT2D eigenvalue weighted by molar-refractivity contribution is 5.92. The molecule has 1 amide bonds. The summed E-state index contributed by atoms with van der Waals surface area (Å²) >= 11 is 0. The molecule has 6 heteroatoms. The molecule has 0 unspecified atom stereocenters. The average Bonchev–Trinajstić information content (AvgIpc) is 3.11. The van der Waals surface area contributed by atoms with Gasteiger partial charge in [-0.1, -0.05) is 12.1 Å². The smallest absolute Gasteiger partial charge is 0.228 e. The van der Waals surface area contributed by atoms with Crippen LogP contribution in [0.4, 0.5) is 18.9 Å². The fourth-order valence-corrected chi connectivity index (χ4v) is 2.29. The molecule has 0 aliphatic rings. The van der Waals surface area contributed by atoms with E-state index in [1.54, 1.807) is 12.1 Å². The first-order chi connectivity index (χ1) is 11.5. The van der Waals surface area contributed by atoms with E-state index in [9.17, 15) is 18.0 Å². The predicted molar refractivity (Wildman–Crippen MR) is 84.4 cm³/mol. The zero-order chi connectivity index (χ0) is 17.1. The van der Waals surface area contributed by atoms with Gasteiger partial charge in [-0.25, -0.2) is 13.2 Å². The molecule has 24 heavy (non-hydrogen) atoms. The molecular formula is C18H13F3N2O. The molecule has 0 atom stereocenters. The predicted octanol–water partition coefficient (Wildman–Crippen LogP) is 4.08. The third-order valence-electron chi connectivity index (χ3n) is 3.51. The van der Waals surface area contributed by atoms with Gasteiger partial charge in [-0.3, -0.25) is 4.79 Å². The molecule has 122 valence electrons. The van der Waals surface area contributed by atoms with Gasteiger partial charge in [-0.15, -0.1) is 0 Å². The van der Waals surface area contributed by atoms with Crippen molar-refractivity contribution in [3.8, 4) is 5.69 Å². The lowest BCUT2D eigenvalue weighted by Crippen LogP contribution is -2.16. The van der Waals surface area contributed by atoms with Crippen LogP contribution in [0.15, 0.2) is 60.9 Å². The van der Waals surface area contributed by atoms with Crippen molar-refractivity contribution in [2.45, 2.75) is 6.42 Å². The summed E-state index contributed by atoms with van der Waals surface area (Å²) in [6.07, 6.45) is 3.78. The number of aromatic nitrogens is 1. The first kappa shape index (κ1) is 15.9. The van der Waals surface area contributed by atoms with Crippen molar-refractivity contribution in [2.75, 3.05) is 5.32 Å². The Morgan fingerprint density at radius 1 is 0.917 bits per heavy atom. The molecule has 1 N–H and O–H groups in total. The Kier molecular flexibility index (Phi) is 4.37. The molecule has 3 aromatic rings. The van der Waals surface area contributed by atoms with Gasteiger partial charge in [0.1, 0.15) is 0 Å². The Morgan fingerprint density at radius 3 is 2.25 bits per heavy atom. The molecule has 0 fully saturated rings. The van der Waals surface area contributed by atoms with Crippen LogP contribution in [0.1, 0.15) is 5.56 Å². The fraction of sp³-hybridized carbons (Fsp3) is 0.0556. The molecule has 1 heterocycles. The highest BCUT2D eigenvalue weighted by Gasteiger charge is 2.15. The second-order valence-corrected chi connectivity index (χ2v) is 5.20. The molecule has 3 nitrogen and oxygen atoms in total. The number of hydrogen-bond acceptors (Lipinski definition) is 1. The van der Waals surface area contributed by atoms with Gasteiger partial charge in [0.2, 0.25) is 5.91 Å². The molecule has 0 aliphatic heterocycles. The topological polar surface area (TPSA) is 34.0 Å². The van der Waals surface area contributed by atoms with Gasteiger partial charge in [0, 0.05) is 18.1 Å². The third-order valence-corrected chi connectivity index (χ3v) is 3.51. The zero-order valence-electron chi connectivity index (χ0n) is 12.5. The molecule has 0 bridgehead atoms. The van der Waals surface area contributed by atoms with E-state index in [2.05, 4.69) is 5.32 Å². The Bertz CT molecular complexity index is 859. The first-order valence-electron chi connectivity index (χ1n) is 7.20. The van der Waals surface area contributed by atoms with Gasteiger partial charge in [0.15, 0.2) is 17.5 Å². The minimum Gasteiger partial charge on any atom is -0.324 e. The van der Waals surface area contributed by atoms with Crippen LogP contribution in [0, 0.1) is 17.5 Å². The fourth-order valence-electron chi connectivity index (χ4n) is 2.29. The zero-order valence-corrected chi connectivity index (χ0v) is 12.5. The molecule has 0 aliphatic carbocycles. The lowest BCUT2D eigenvalue weighted by molar-refractivity contribution is -0.115. The maximum Gasteiger partial charge on any atom is 0.228 e. The van der Waals surface area contributed by atoms with Crippen LogP contribution in [0.3, 0.4) is 0 Å². The number of anilines is 1. The number of carbonyl (C=O) groups excluding carboxylic acids is 1. The first-order valence-corrected chi connectivity index (χ1v) is 7.20. The number of hydrogen-bond donors (Lipinski definition) is 1. The van der Waals surface area contributed by atoms with E-state index in [4.69, 9.17) is 0 Å². The quantitative estimate of drug-likeness (QED) is 0.719. The maximum absolute atomic E-state index is 13.5. The van der Waals surface area contributed by atoms with Crippen LogP contribution in [0.5, 0.6) is 0 Å². The van der Waals surface area contributed by atoms with Crippen LogP contribution in [0.25, 0.3) is 5.69 Å². The van der Waals surface area contributed by atoms with E-state index in [-0.39, 0.29) is 12.1 Å². The van der Waals surface area contributed by atoms with Gasteiger partial charge in [-0.05, 0) is 42.0 Å². The van der Waals surface area contributed by atoms with Crippen molar-refractivity contribution in [1.82, 2.24) is 4.57 Å². The maximum atomic E-state index is 13.5. The molecule has 3 rings (SSSR count). The highest BCUT2D eigenvalue weighted by atomic mass is 19.2. The largest absolute Gasteiger partial charge is 0.324 e. The van der Waals surface area contributed by atoms with Gasteiger partial charge in [-0.2, -0.15) is 0 Å². The lowest BCUT2D eigenvalue weighted by atomic mass is 10.1. The van der Waals surface area contributed by atoms with Gasteiger partial charge in [0.25, 0.3) is 0 Å². The van der Waals surface area contributed by atoms with Crippen LogP contribution in [-0.2, 0) is 11.2 Å². The van der Waals surface area contributed by atoms with E-state index < -0.39 is 23.4 Å². The number of halogens is 3. The average molecular weight is 330 g/mol. The second kappa shape index (κ2) is 6.62. The summed E-state index contributed by atoms with van der Waals surface area (Å²) in [5.74, 6) is -4.84. The molecule has 0 radical (unpaired) electrons. The Hall–Kier alpha value is -3.02. The number of nitrogens with one attached hydrogen (secondary N) is 1. The molecule has 2 aromatic carbocycles. The highest BCUT2D eigenvalue weighted by Crippen LogP contribution is 2.20. The van der Waals surface area contributed by atoms with Crippen molar-refractivity contribution in [1.29, 1.82) is 0 Å². The minimum atomic E-state index is -1.61. The van der Waals surface area contributed by atoms with Crippen molar-refractivity contribution >= 4 is 11.6 Å². The molecule has 0 saturated heterocycles. The Labute approximate surface area is 136 Å². The Morgan fingerprint density at radius 2 is 1.58 bits per heavy atom. The van der Waals surface area contributed by atoms with Gasteiger partial charge < -0.3 is 9.88 Å². The molecular weight excluding hydrogens is 317 g/mol. The van der Waals surface area contributed by atoms with Crippen LogP contribution >= 0.6 is 0 Å². The molecule has 0 spiro atoms. The standard InChI is InChI=1S/C18H13F3N2O/c19-14-7-8-15(18(21)17(14)20)22-16(24)11-12-3-5-13(6-4-12)23-9-1-2-10-23/h1-10H,11H2,(H,22,24). The number of benzene rings is 2. The van der Waals surface area contributed by atoms with E-state index in [1.807, 2.05) is 41.2 Å². The van der Waals surface area contributed by atoms with E-state index in [1.165, 1.54) is 0 Å². The summed E-state index contributed by atoms with van der Waals surface area (Å²) in [5, 5.41) is 2.24. The minimum absolute atomic E-state index is 0.00953. The monoisotopic (exact) mass is 330 g/mol. The summed E-state index contributed by atoms with van der Waals surface area (Å²) in [6, 6.07) is 12.8. The van der Waals surface area contributed by atoms with Crippen molar-refractivity contribution in [3.05, 3.63) is 83.9 Å². The SMILES string of the molecule is O=C(Cc1ccc(-n2cccc2)cc1)Nc1ccc(F)c(F)c1F. The molecule has 1 aromatic heterocycles. The normalized spacial score (nSPS) is 10.6. The summed E-state index contributed by atoms with van der Waals surface area (Å²) < 4.78 is 41.5. The number of nitrogens with zero attached hydrogens (tertiary/aromatic N) is 1. The van der Waals surface area contributed by atoms with Gasteiger partial charge in [0.05, 0.1) is 12.1 Å². The third kappa shape index (κ3) is 3.32. The van der Waals surface area contributed by atoms with E-state index >= 15 is 0 Å². The van der Waals surface area contributed by atoms with Crippen molar-refractivity contribution in [2.24, 2.45) is 0 Å². The summed E-state index contributed by atoms with van der Waals surface area (Å²) in [5.41, 5.74) is 1.27. The summed E-state index contributed by atoms with van der Waals surface area (Å²) in [6.45, 7) is 0.